The molecule has 2 aromatic rings. The third-order valence-electron chi connectivity index (χ3n) is 2.90. The maximum absolute atomic E-state index is 11.8. The van der Waals surface area contributed by atoms with Crippen molar-refractivity contribution in [3.8, 4) is 11.5 Å². The summed E-state index contributed by atoms with van der Waals surface area (Å²) in [5.74, 6) is 0.899. The first kappa shape index (κ1) is 16.3. The molecule has 0 atom stereocenters. The summed E-state index contributed by atoms with van der Waals surface area (Å²) in [5, 5.41) is 0. The summed E-state index contributed by atoms with van der Waals surface area (Å²) in [6, 6.07) is 13.1. The van der Waals surface area contributed by atoms with E-state index in [-0.39, 0.29) is 0 Å². The number of esters is 1. The number of benzene rings is 2. The number of hydrogen-bond acceptors (Lipinski definition) is 3. The van der Waals surface area contributed by atoms with Gasteiger partial charge in [-0.2, -0.15) is 0 Å². The minimum Gasteiger partial charge on any atom is -0.494 e. The molecule has 4 heteroatoms. The highest BCUT2D eigenvalue weighted by atomic mass is 79.9. The summed E-state index contributed by atoms with van der Waals surface area (Å²) < 4.78 is 11.4. The molecule has 22 heavy (non-hydrogen) atoms. The molecule has 0 aromatic heterocycles. The van der Waals surface area contributed by atoms with Crippen LogP contribution in [0, 0.1) is 6.92 Å². The van der Waals surface area contributed by atoms with Crippen molar-refractivity contribution in [2.45, 2.75) is 13.8 Å². The van der Waals surface area contributed by atoms with Crippen molar-refractivity contribution in [3.05, 3.63) is 64.1 Å². The first-order valence-electron chi connectivity index (χ1n) is 6.97. The van der Waals surface area contributed by atoms with Crippen LogP contribution in [0.15, 0.2) is 53.0 Å². The fraction of sp³-hybridized carbons (Fsp3) is 0.167. The van der Waals surface area contributed by atoms with Gasteiger partial charge in [-0.3, -0.25) is 0 Å². The summed E-state index contributed by atoms with van der Waals surface area (Å²) >= 11 is 3.38. The summed E-state index contributed by atoms with van der Waals surface area (Å²) in [5.41, 5.74) is 2.00. The average Bonchev–Trinajstić information content (AvgIpc) is 2.50. The summed E-state index contributed by atoms with van der Waals surface area (Å²) in [4.78, 5) is 11.8. The van der Waals surface area contributed by atoms with E-state index < -0.39 is 5.97 Å². The number of carbonyl (C=O) groups excluding carboxylic acids is 1. The van der Waals surface area contributed by atoms with E-state index >= 15 is 0 Å². The second-order valence-corrected chi connectivity index (χ2v) is 5.54. The van der Waals surface area contributed by atoms with E-state index in [1.54, 1.807) is 12.1 Å². The SMILES string of the molecule is CCOc1ccc(/C=C/C(=O)Oc2ccc(C)cc2Br)cc1. The Morgan fingerprint density at radius 1 is 1.18 bits per heavy atom. The molecular weight excluding hydrogens is 344 g/mol. The van der Waals surface area contributed by atoms with Crippen LogP contribution in [0.3, 0.4) is 0 Å². The zero-order chi connectivity index (χ0) is 15.9. The Kier molecular flexibility index (Phi) is 5.78. The van der Waals surface area contributed by atoms with Gasteiger partial charge in [0.15, 0.2) is 0 Å². The molecule has 0 amide bonds. The maximum atomic E-state index is 11.8. The van der Waals surface area contributed by atoms with Crippen LogP contribution in [-0.2, 0) is 4.79 Å². The normalized spacial score (nSPS) is 10.7. The third-order valence-corrected chi connectivity index (χ3v) is 3.52. The third kappa shape index (κ3) is 4.74. The Bertz CT molecular complexity index is 675. The lowest BCUT2D eigenvalue weighted by Gasteiger charge is -2.05. The number of halogens is 1. The maximum Gasteiger partial charge on any atom is 0.336 e. The molecule has 0 unspecified atom stereocenters. The van der Waals surface area contributed by atoms with Crippen LogP contribution in [0.4, 0.5) is 0 Å². The molecule has 0 fully saturated rings. The van der Waals surface area contributed by atoms with Crippen LogP contribution in [0.1, 0.15) is 18.1 Å². The molecule has 0 saturated heterocycles. The van der Waals surface area contributed by atoms with Crippen molar-refractivity contribution in [2.75, 3.05) is 6.61 Å². The second kappa shape index (κ2) is 7.80. The first-order chi connectivity index (χ1) is 10.6. The van der Waals surface area contributed by atoms with Gasteiger partial charge in [-0.1, -0.05) is 18.2 Å². The molecule has 0 bridgehead atoms. The zero-order valence-corrected chi connectivity index (χ0v) is 14.1. The number of carbonyl (C=O) groups is 1. The van der Waals surface area contributed by atoms with E-state index in [9.17, 15) is 4.79 Å². The lowest BCUT2D eigenvalue weighted by Crippen LogP contribution is -2.04. The van der Waals surface area contributed by atoms with E-state index in [0.29, 0.717) is 12.4 Å². The Hall–Kier alpha value is -2.07. The van der Waals surface area contributed by atoms with Crippen molar-refractivity contribution in [2.24, 2.45) is 0 Å². The molecule has 0 radical (unpaired) electrons. The molecule has 0 aliphatic heterocycles. The molecule has 3 nitrogen and oxygen atoms in total. The smallest absolute Gasteiger partial charge is 0.336 e. The van der Waals surface area contributed by atoms with E-state index in [2.05, 4.69) is 15.9 Å². The molecule has 2 aromatic carbocycles. The predicted molar refractivity (Wildman–Crippen MR) is 91.2 cm³/mol. The molecule has 0 spiro atoms. The van der Waals surface area contributed by atoms with Crippen molar-refractivity contribution >= 4 is 28.0 Å². The van der Waals surface area contributed by atoms with Crippen molar-refractivity contribution in [1.29, 1.82) is 0 Å². The van der Waals surface area contributed by atoms with Gasteiger partial charge in [0.25, 0.3) is 0 Å². The van der Waals surface area contributed by atoms with Gasteiger partial charge in [0.1, 0.15) is 11.5 Å². The molecule has 0 aliphatic carbocycles. The van der Waals surface area contributed by atoms with Gasteiger partial charge in [0.05, 0.1) is 11.1 Å². The van der Waals surface area contributed by atoms with Gasteiger partial charge in [-0.15, -0.1) is 0 Å². The molecule has 0 N–H and O–H groups in total. The molecule has 0 saturated carbocycles. The molecule has 2 rings (SSSR count). The minimum absolute atomic E-state index is 0.418. The van der Waals surface area contributed by atoms with Crippen LogP contribution >= 0.6 is 15.9 Å². The Morgan fingerprint density at radius 2 is 1.91 bits per heavy atom. The molecule has 0 heterocycles. The zero-order valence-electron chi connectivity index (χ0n) is 12.5. The van der Waals surface area contributed by atoms with Gasteiger partial charge < -0.3 is 9.47 Å². The highest BCUT2D eigenvalue weighted by Crippen LogP contribution is 2.26. The topological polar surface area (TPSA) is 35.5 Å². The van der Waals surface area contributed by atoms with Gasteiger partial charge in [-0.25, -0.2) is 4.79 Å². The lowest BCUT2D eigenvalue weighted by atomic mass is 10.2. The Balaban J connectivity index is 1.98. The standard InChI is InChI=1S/C18H17BrO3/c1-3-21-15-8-5-14(6-9-15)7-11-18(20)22-17-10-4-13(2)12-16(17)19/h4-12H,3H2,1-2H3/b11-7+. The van der Waals surface area contributed by atoms with Gasteiger partial charge in [0, 0.05) is 6.08 Å². The molecule has 114 valence electrons. The predicted octanol–water partition coefficient (Wildman–Crippen LogP) is 4.78. The number of aryl methyl sites for hydroxylation is 1. The van der Waals surface area contributed by atoms with Crippen molar-refractivity contribution in [1.82, 2.24) is 0 Å². The van der Waals surface area contributed by atoms with Crippen LogP contribution in [0.2, 0.25) is 0 Å². The van der Waals surface area contributed by atoms with E-state index in [4.69, 9.17) is 9.47 Å². The highest BCUT2D eigenvalue weighted by Gasteiger charge is 2.05. The Labute approximate surface area is 138 Å². The van der Waals surface area contributed by atoms with E-state index in [0.717, 1.165) is 21.3 Å². The fourth-order valence-corrected chi connectivity index (χ4v) is 2.41. The highest BCUT2D eigenvalue weighted by molar-refractivity contribution is 9.10. The number of hydrogen-bond donors (Lipinski definition) is 0. The monoisotopic (exact) mass is 360 g/mol. The van der Waals surface area contributed by atoms with Crippen LogP contribution < -0.4 is 9.47 Å². The van der Waals surface area contributed by atoms with E-state index in [1.807, 2.05) is 50.2 Å². The molecule has 0 aliphatic rings. The molecular formula is C18H17BrO3. The largest absolute Gasteiger partial charge is 0.494 e. The summed E-state index contributed by atoms with van der Waals surface area (Å²) in [6.07, 6.45) is 3.11. The van der Waals surface area contributed by atoms with Crippen molar-refractivity contribution < 1.29 is 14.3 Å². The number of rotatable bonds is 5. The second-order valence-electron chi connectivity index (χ2n) is 4.69. The summed E-state index contributed by atoms with van der Waals surface area (Å²) in [6.45, 7) is 4.54. The average molecular weight is 361 g/mol. The quantitative estimate of drug-likeness (QED) is 0.437. The summed E-state index contributed by atoms with van der Waals surface area (Å²) in [7, 11) is 0. The fourth-order valence-electron chi connectivity index (χ4n) is 1.84. The van der Waals surface area contributed by atoms with Crippen LogP contribution in [0.5, 0.6) is 11.5 Å². The van der Waals surface area contributed by atoms with Gasteiger partial charge >= 0.3 is 5.97 Å². The minimum atomic E-state index is -0.418. The van der Waals surface area contributed by atoms with Gasteiger partial charge in [-0.05, 0) is 71.2 Å². The van der Waals surface area contributed by atoms with Crippen molar-refractivity contribution in [3.63, 3.8) is 0 Å². The van der Waals surface area contributed by atoms with E-state index in [1.165, 1.54) is 6.08 Å². The van der Waals surface area contributed by atoms with Gasteiger partial charge in [0.2, 0.25) is 0 Å². The first-order valence-corrected chi connectivity index (χ1v) is 7.76. The number of ether oxygens (including phenoxy) is 2. The lowest BCUT2D eigenvalue weighted by molar-refractivity contribution is -0.128. The van der Waals surface area contributed by atoms with Crippen LogP contribution in [-0.4, -0.2) is 12.6 Å². The Morgan fingerprint density at radius 3 is 2.55 bits per heavy atom. The van der Waals surface area contributed by atoms with Crippen LogP contribution in [0.25, 0.3) is 6.08 Å².